The van der Waals surface area contributed by atoms with Gasteiger partial charge < -0.3 is 18.6 Å². The van der Waals surface area contributed by atoms with Gasteiger partial charge in [0.05, 0.1) is 12.7 Å². The lowest BCUT2D eigenvalue weighted by Crippen LogP contribution is -2.49. The number of allylic oxidation sites excluding steroid dienone is 2. The first-order valence-corrected chi connectivity index (χ1v) is 16.7. The molecular weight excluding hydrogens is 456 g/mol. The molecule has 1 aliphatic rings. The molecule has 0 aromatic rings. The van der Waals surface area contributed by atoms with Crippen LogP contribution >= 0.6 is 0 Å². The first-order chi connectivity index (χ1) is 16.3. The summed E-state index contributed by atoms with van der Waals surface area (Å²) < 4.78 is 24.6. The number of carbonyl (C=O) groups excluding carboxylic acids is 1. The summed E-state index contributed by atoms with van der Waals surface area (Å²) in [6.45, 7) is 19.9. The highest BCUT2D eigenvalue weighted by molar-refractivity contribution is 6.74. The second-order valence-corrected chi connectivity index (χ2v) is 16.4. The average Bonchev–Trinajstić information content (AvgIpc) is 3.05. The molecule has 0 aromatic heterocycles. The highest BCUT2D eigenvalue weighted by Crippen LogP contribution is 2.40. The number of hydrogen-bond acceptors (Lipinski definition) is 5. The Morgan fingerprint density at radius 1 is 1.00 bits per heavy atom. The van der Waals surface area contributed by atoms with Crippen molar-refractivity contribution in [2.75, 3.05) is 6.61 Å². The van der Waals surface area contributed by atoms with Gasteiger partial charge >= 0.3 is 5.97 Å². The molecule has 0 bridgehead atoms. The van der Waals surface area contributed by atoms with E-state index in [4.69, 9.17) is 18.6 Å². The van der Waals surface area contributed by atoms with Crippen molar-refractivity contribution in [2.45, 2.75) is 148 Å². The van der Waals surface area contributed by atoms with Gasteiger partial charge in [-0.1, -0.05) is 71.3 Å². The van der Waals surface area contributed by atoms with Crippen molar-refractivity contribution in [1.29, 1.82) is 0 Å². The van der Waals surface area contributed by atoms with Crippen LogP contribution in [0, 0.1) is 0 Å². The van der Waals surface area contributed by atoms with Crippen LogP contribution in [-0.4, -0.2) is 45.0 Å². The smallest absolute Gasteiger partial charge is 0.305 e. The molecular formula is C29H54O5Si. The fraction of sp³-hybridized carbons (Fsp3) is 0.828. The Morgan fingerprint density at radius 2 is 1.66 bits per heavy atom. The Bertz CT molecular complexity index is 662. The quantitative estimate of drug-likeness (QED) is 0.0908. The van der Waals surface area contributed by atoms with E-state index in [2.05, 4.69) is 65.1 Å². The number of esters is 1. The second-order valence-electron chi connectivity index (χ2n) is 11.6. The highest BCUT2D eigenvalue weighted by atomic mass is 28.4. The summed E-state index contributed by atoms with van der Waals surface area (Å²) in [6.07, 6.45) is 17.5. The standard InChI is InChI=1S/C29H54O5Si/c1-10-12-18-22-25(34-35(8,9)28(3,4)5)27-24(32-29(6,7)33-27)21-19-16-14-13-15-17-20-23-26(30)31-11-2/h12,18-19,21,24-25,27H,10-11,13-17,20,22-23H2,1-9H3/b18-12-,21-19-/t24-,25-,27+/m1/s1. The maximum Gasteiger partial charge on any atom is 0.305 e. The minimum Gasteiger partial charge on any atom is -0.466 e. The molecule has 35 heavy (non-hydrogen) atoms. The topological polar surface area (TPSA) is 54.0 Å². The normalized spacial score (nSPS) is 21.7. The molecule has 1 rings (SSSR count). The van der Waals surface area contributed by atoms with E-state index in [9.17, 15) is 4.79 Å². The van der Waals surface area contributed by atoms with Crippen LogP contribution in [0.2, 0.25) is 18.1 Å². The van der Waals surface area contributed by atoms with Crippen LogP contribution in [0.3, 0.4) is 0 Å². The van der Waals surface area contributed by atoms with Gasteiger partial charge in [-0.25, -0.2) is 0 Å². The van der Waals surface area contributed by atoms with Gasteiger partial charge in [0.2, 0.25) is 0 Å². The lowest BCUT2D eigenvalue weighted by Gasteiger charge is -2.41. The monoisotopic (exact) mass is 510 g/mol. The zero-order valence-corrected chi connectivity index (χ0v) is 25.2. The third-order valence-corrected chi connectivity index (χ3v) is 11.4. The van der Waals surface area contributed by atoms with E-state index in [1.807, 2.05) is 20.8 Å². The van der Waals surface area contributed by atoms with Gasteiger partial charge in [0.25, 0.3) is 0 Å². The van der Waals surface area contributed by atoms with Crippen LogP contribution in [0.4, 0.5) is 0 Å². The molecule has 0 unspecified atom stereocenters. The summed E-state index contributed by atoms with van der Waals surface area (Å²) >= 11 is 0. The van der Waals surface area contributed by atoms with Crippen molar-refractivity contribution in [3.63, 3.8) is 0 Å². The lowest BCUT2D eigenvalue weighted by atomic mass is 10.0. The summed E-state index contributed by atoms with van der Waals surface area (Å²) in [4.78, 5) is 11.4. The zero-order valence-electron chi connectivity index (χ0n) is 24.2. The van der Waals surface area contributed by atoms with Crippen molar-refractivity contribution < 1.29 is 23.4 Å². The molecule has 0 spiro atoms. The molecule has 0 N–H and O–H groups in total. The molecule has 1 heterocycles. The van der Waals surface area contributed by atoms with E-state index in [0.717, 1.165) is 44.9 Å². The van der Waals surface area contributed by atoms with E-state index in [1.54, 1.807) is 0 Å². The van der Waals surface area contributed by atoms with Crippen molar-refractivity contribution in [3.8, 4) is 0 Å². The predicted molar refractivity (Wildman–Crippen MR) is 148 cm³/mol. The van der Waals surface area contributed by atoms with Crippen LogP contribution in [0.5, 0.6) is 0 Å². The minimum atomic E-state index is -1.97. The van der Waals surface area contributed by atoms with Gasteiger partial charge in [0.15, 0.2) is 14.1 Å². The molecule has 5 nitrogen and oxygen atoms in total. The van der Waals surface area contributed by atoms with Crippen molar-refractivity contribution in [1.82, 2.24) is 0 Å². The number of carbonyl (C=O) groups is 1. The number of rotatable bonds is 16. The molecule has 0 amide bonds. The summed E-state index contributed by atoms with van der Waals surface area (Å²) in [5.74, 6) is -0.699. The number of ether oxygens (including phenoxy) is 3. The van der Waals surface area contributed by atoms with Gasteiger partial charge in [-0.2, -0.15) is 0 Å². The van der Waals surface area contributed by atoms with Gasteiger partial charge in [-0.05, 0) is 71.0 Å². The van der Waals surface area contributed by atoms with Crippen LogP contribution in [0.15, 0.2) is 24.3 Å². The summed E-state index contributed by atoms with van der Waals surface area (Å²) in [5.41, 5.74) is 0. The SMILES string of the molecule is CC/C=C\C[C@@H](O[Si](C)(C)C(C)(C)C)[C@H]1OC(C)(C)O[C@@H]1/C=C\CCCCCCCC(=O)OCC. The van der Waals surface area contributed by atoms with Crippen LogP contribution in [-0.2, 0) is 23.4 Å². The fourth-order valence-corrected chi connectivity index (χ4v) is 5.32. The Kier molecular flexibility index (Phi) is 14.1. The van der Waals surface area contributed by atoms with E-state index < -0.39 is 14.1 Å². The molecule has 1 aliphatic heterocycles. The van der Waals surface area contributed by atoms with Gasteiger partial charge in [0.1, 0.15) is 12.2 Å². The van der Waals surface area contributed by atoms with Gasteiger partial charge in [-0.15, -0.1) is 0 Å². The Labute approximate surface area is 217 Å². The Balaban J connectivity index is 2.66. The molecule has 0 saturated carbocycles. The molecule has 1 fully saturated rings. The maximum absolute atomic E-state index is 11.4. The molecule has 0 aromatic carbocycles. The van der Waals surface area contributed by atoms with E-state index in [-0.39, 0.29) is 29.3 Å². The first-order valence-electron chi connectivity index (χ1n) is 13.8. The number of unbranched alkanes of at least 4 members (excludes halogenated alkanes) is 5. The third-order valence-electron chi connectivity index (χ3n) is 6.94. The van der Waals surface area contributed by atoms with Crippen molar-refractivity contribution in [2.24, 2.45) is 0 Å². The summed E-state index contributed by atoms with van der Waals surface area (Å²) in [6, 6.07) is 0. The maximum atomic E-state index is 11.4. The van der Waals surface area contributed by atoms with Crippen molar-refractivity contribution in [3.05, 3.63) is 24.3 Å². The molecule has 6 heteroatoms. The second kappa shape index (κ2) is 15.3. The fourth-order valence-electron chi connectivity index (χ4n) is 3.98. The van der Waals surface area contributed by atoms with Gasteiger partial charge in [-0.3, -0.25) is 4.79 Å². The van der Waals surface area contributed by atoms with E-state index in [0.29, 0.717) is 13.0 Å². The Morgan fingerprint density at radius 3 is 2.29 bits per heavy atom. The molecule has 204 valence electrons. The van der Waals surface area contributed by atoms with E-state index >= 15 is 0 Å². The summed E-state index contributed by atoms with van der Waals surface area (Å²) in [7, 11) is -1.97. The minimum absolute atomic E-state index is 0.0329. The first kappa shape index (κ1) is 32.1. The van der Waals surface area contributed by atoms with Gasteiger partial charge in [0, 0.05) is 6.42 Å². The highest BCUT2D eigenvalue weighted by Gasteiger charge is 2.47. The predicted octanol–water partition coefficient (Wildman–Crippen LogP) is 8.10. The van der Waals surface area contributed by atoms with Crippen LogP contribution in [0.1, 0.15) is 106 Å². The summed E-state index contributed by atoms with van der Waals surface area (Å²) in [5, 5.41) is 0.135. The largest absolute Gasteiger partial charge is 0.466 e. The third kappa shape index (κ3) is 12.2. The lowest BCUT2D eigenvalue weighted by molar-refractivity contribution is -0.152. The number of hydrogen-bond donors (Lipinski definition) is 0. The zero-order chi connectivity index (χ0) is 26.5. The molecule has 1 saturated heterocycles. The Hall–Kier alpha value is -0.953. The van der Waals surface area contributed by atoms with Crippen molar-refractivity contribution >= 4 is 14.3 Å². The van der Waals surface area contributed by atoms with Crippen LogP contribution in [0.25, 0.3) is 0 Å². The molecule has 0 aliphatic carbocycles. The van der Waals surface area contributed by atoms with Crippen LogP contribution < -0.4 is 0 Å². The molecule has 0 radical (unpaired) electrons. The average molecular weight is 511 g/mol. The van der Waals surface area contributed by atoms with E-state index in [1.165, 1.54) is 6.42 Å². The molecule has 3 atom stereocenters.